The molecule has 0 bridgehead atoms. The number of aliphatic hydroxyl groups is 1. The molecular weight excluding hydrogens is 344 g/mol. The number of benzene rings is 1. The van der Waals surface area contributed by atoms with E-state index in [9.17, 15) is 9.90 Å². The molecule has 0 fully saturated rings. The molecule has 0 saturated heterocycles. The van der Waals surface area contributed by atoms with Crippen molar-refractivity contribution in [3.8, 4) is 0 Å². The van der Waals surface area contributed by atoms with E-state index in [4.69, 9.17) is 0 Å². The van der Waals surface area contributed by atoms with Gasteiger partial charge in [0.15, 0.2) is 0 Å². The molecule has 2 rings (SSSR count). The molecule has 1 aromatic heterocycles. The van der Waals surface area contributed by atoms with Crippen LogP contribution in [0.1, 0.15) is 28.6 Å². The molecule has 0 aliphatic heterocycles. The van der Waals surface area contributed by atoms with Crippen LogP contribution in [0.2, 0.25) is 0 Å². The average molecular weight is 363 g/mol. The van der Waals surface area contributed by atoms with Crippen LogP contribution in [0.4, 0.5) is 0 Å². The van der Waals surface area contributed by atoms with Gasteiger partial charge in [-0.3, -0.25) is 9.78 Å². The fraction of sp³-hybridized carbons (Fsp3) is 0.294. The highest BCUT2D eigenvalue weighted by Gasteiger charge is 2.12. The molecule has 5 heteroatoms. The number of aliphatic hydroxyl groups excluding tert-OH is 1. The van der Waals surface area contributed by atoms with E-state index in [-0.39, 0.29) is 18.9 Å². The van der Waals surface area contributed by atoms with Gasteiger partial charge in [-0.1, -0.05) is 29.8 Å². The number of carbonyl (C=O) groups is 1. The van der Waals surface area contributed by atoms with Gasteiger partial charge in [-0.05, 0) is 47.5 Å². The van der Waals surface area contributed by atoms with Gasteiger partial charge in [-0.15, -0.1) is 0 Å². The number of rotatable bonds is 5. The second kappa shape index (κ2) is 7.51. The monoisotopic (exact) mass is 362 g/mol. The summed E-state index contributed by atoms with van der Waals surface area (Å²) >= 11 is 3.39. The lowest BCUT2D eigenvalue weighted by Crippen LogP contribution is -2.30. The van der Waals surface area contributed by atoms with E-state index < -0.39 is 6.10 Å². The Labute approximate surface area is 138 Å². The molecule has 1 atom stereocenters. The number of carbonyl (C=O) groups excluding carboxylic acids is 1. The normalized spacial score (nSPS) is 12.0. The molecule has 0 spiro atoms. The van der Waals surface area contributed by atoms with Crippen molar-refractivity contribution in [1.82, 2.24) is 10.3 Å². The van der Waals surface area contributed by atoms with Gasteiger partial charge in [0.05, 0.1) is 18.2 Å². The second-order valence-electron chi connectivity index (χ2n) is 5.29. The zero-order chi connectivity index (χ0) is 16.1. The van der Waals surface area contributed by atoms with Crippen molar-refractivity contribution in [1.29, 1.82) is 0 Å². The van der Waals surface area contributed by atoms with Crippen molar-refractivity contribution >= 4 is 21.8 Å². The van der Waals surface area contributed by atoms with Crippen LogP contribution in [0.25, 0.3) is 0 Å². The number of pyridine rings is 1. The molecule has 0 saturated carbocycles. The number of nitrogens with zero attached hydrogens (tertiary/aromatic N) is 1. The summed E-state index contributed by atoms with van der Waals surface area (Å²) in [5.41, 5.74) is 3.49. The lowest BCUT2D eigenvalue weighted by atomic mass is 10.1. The fourth-order valence-electron chi connectivity index (χ4n) is 2.05. The van der Waals surface area contributed by atoms with Crippen LogP contribution in [-0.4, -0.2) is 22.5 Å². The van der Waals surface area contributed by atoms with Crippen LogP contribution < -0.4 is 5.32 Å². The maximum absolute atomic E-state index is 12.0. The molecule has 2 aromatic rings. The number of hydrogen-bond acceptors (Lipinski definition) is 3. The third-order valence-electron chi connectivity index (χ3n) is 3.34. The van der Waals surface area contributed by atoms with Crippen LogP contribution in [0, 0.1) is 13.8 Å². The first-order valence-electron chi connectivity index (χ1n) is 7.09. The van der Waals surface area contributed by atoms with E-state index >= 15 is 0 Å². The first-order chi connectivity index (χ1) is 10.5. The SMILES string of the molecule is Cc1ccc(C(O)CNC(=O)Cc2nc(C)ccc2Br)cc1. The number of nitrogens with one attached hydrogen (secondary N) is 1. The summed E-state index contributed by atoms with van der Waals surface area (Å²) in [6.07, 6.45) is -0.526. The van der Waals surface area contributed by atoms with E-state index in [1.807, 2.05) is 50.2 Å². The van der Waals surface area contributed by atoms with Crippen molar-refractivity contribution in [3.05, 3.63) is 63.4 Å². The molecule has 116 valence electrons. The summed E-state index contributed by atoms with van der Waals surface area (Å²) in [6, 6.07) is 11.4. The molecule has 1 aromatic carbocycles. The Kier molecular flexibility index (Phi) is 5.69. The summed E-state index contributed by atoms with van der Waals surface area (Å²) < 4.78 is 0.812. The second-order valence-corrected chi connectivity index (χ2v) is 6.14. The maximum Gasteiger partial charge on any atom is 0.226 e. The Bertz CT molecular complexity index is 656. The minimum absolute atomic E-state index is 0.162. The van der Waals surface area contributed by atoms with Crippen molar-refractivity contribution < 1.29 is 9.90 Å². The Balaban J connectivity index is 1.89. The Morgan fingerprint density at radius 1 is 1.23 bits per heavy atom. The molecule has 0 radical (unpaired) electrons. The number of halogens is 1. The van der Waals surface area contributed by atoms with E-state index in [0.717, 1.165) is 21.3 Å². The van der Waals surface area contributed by atoms with Crippen LogP contribution in [0.5, 0.6) is 0 Å². The quantitative estimate of drug-likeness (QED) is 0.859. The Hall–Kier alpha value is -1.72. The molecule has 2 N–H and O–H groups in total. The topological polar surface area (TPSA) is 62.2 Å². The minimum Gasteiger partial charge on any atom is -0.387 e. The molecular formula is C17H19BrN2O2. The Morgan fingerprint density at radius 2 is 1.91 bits per heavy atom. The molecule has 1 unspecified atom stereocenters. The average Bonchev–Trinajstić information content (AvgIpc) is 2.49. The summed E-state index contributed by atoms with van der Waals surface area (Å²) in [5, 5.41) is 12.8. The highest BCUT2D eigenvalue weighted by molar-refractivity contribution is 9.10. The van der Waals surface area contributed by atoms with Gasteiger partial charge in [-0.2, -0.15) is 0 Å². The molecule has 22 heavy (non-hydrogen) atoms. The number of aryl methyl sites for hydroxylation is 2. The maximum atomic E-state index is 12.0. The lowest BCUT2D eigenvalue weighted by Gasteiger charge is -2.13. The fourth-order valence-corrected chi connectivity index (χ4v) is 2.41. The van der Waals surface area contributed by atoms with Crippen LogP contribution in [0.15, 0.2) is 40.9 Å². The third kappa shape index (κ3) is 4.64. The van der Waals surface area contributed by atoms with Crippen molar-refractivity contribution in [2.45, 2.75) is 26.4 Å². The Morgan fingerprint density at radius 3 is 2.59 bits per heavy atom. The van der Waals surface area contributed by atoms with Gasteiger partial charge >= 0.3 is 0 Å². The summed E-state index contributed by atoms with van der Waals surface area (Å²) in [5.74, 6) is -0.162. The van der Waals surface area contributed by atoms with Gasteiger partial charge in [0.1, 0.15) is 0 Å². The minimum atomic E-state index is -0.710. The van der Waals surface area contributed by atoms with Gasteiger partial charge in [0, 0.05) is 16.7 Å². The molecule has 0 aliphatic rings. The standard InChI is InChI=1S/C17H19BrN2O2/c1-11-3-6-13(7-4-11)16(21)10-19-17(22)9-15-14(18)8-5-12(2)20-15/h3-8,16,21H,9-10H2,1-2H3,(H,19,22). The predicted octanol–water partition coefficient (Wildman–Crippen LogP) is 2.85. The number of aromatic nitrogens is 1. The summed E-state index contributed by atoms with van der Waals surface area (Å²) in [7, 11) is 0. The highest BCUT2D eigenvalue weighted by Crippen LogP contribution is 2.16. The largest absolute Gasteiger partial charge is 0.387 e. The first kappa shape index (κ1) is 16.6. The lowest BCUT2D eigenvalue weighted by molar-refractivity contribution is -0.121. The van der Waals surface area contributed by atoms with Crippen molar-refractivity contribution in [2.75, 3.05) is 6.54 Å². The smallest absolute Gasteiger partial charge is 0.226 e. The van der Waals surface area contributed by atoms with Crippen molar-refractivity contribution in [3.63, 3.8) is 0 Å². The van der Waals surface area contributed by atoms with Crippen LogP contribution in [-0.2, 0) is 11.2 Å². The molecule has 0 aliphatic carbocycles. The summed E-state index contributed by atoms with van der Waals surface area (Å²) in [6.45, 7) is 4.06. The molecule has 1 amide bonds. The molecule has 4 nitrogen and oxygen atoms in total. The number of hydrogen-bond donors (Lipinski definition) is 2. The van der Waals surface area contributed by atoms with E-state index in [1.165, 1.54) is 0 Å². The van der Waals surface area contributed by atoms with E-state index in [0.29, 0.717) is 5.69 Å². The zero-order valence-corrected chi connectivity index (χ0v) is 14.2. The van der Waals surface area contributed by atoms with Crippen LogP contribution in [0.3, 0.4) is 0 Å². The van der Waals surface area contributed by atoms with Crippen LogP contribution >= 0.6 is 15.9 Å². The highest BCUT2D eigenvalue weighted by atomic mass is 79.9. The van der Waals surface area contributed by atoms with Gasteiger partial charge in [0.2, 0.25) is 5.91 Å². The first-order valence-corrected chi connectivity index (χ1v) is 7.88. The van der Waals surface area contributed by atoms with Gasteiger partial charge in [0.25, 0.3) is 0 Å². The van der Waals surface area contributed by atoms with E-state index in [2.05, 4.69) is 26.2 Å². The summed E-state index contributed by atoms with van der Waals surface area (Å²) in [4.78, 5) is 16.3. The van der Waals surface area contributed by atoms with E-state index in [1.54, 1.807) is 0 Å². The number of amides is 1. The predicted molar refractivity (Wildman–Crippen MR) is 89.5 cm³/mol. The van der Waals surface area contributed by atoms with Gasteiger partial charge in [-0.25, -0.2) is 0 Å². The molecule has 1 heterocycles. The van der Waals surface area contributed by atoms with Gasteiger partial charge < -0.3 is 10.4 Å². The van der Waals surface area contributed by atoms with Crippen molar-refractivity contribution in [2.24, 2.45) is 0 Å². The third-order valence-corrected chi connectivity index (χ3v) is 4.06. The zero-order valence-electron chi connectivity index (χ0n) is 12.6.